The molecule has 1 fully saturated rings. The third-order valence-corrected chi connectivity index (χ3v) is 1.25. The van der Waals surface area contributed by atoms with Crippen molar-refractivity contribution in [2.45, 2.75) is 6.42 Å². The molecule has 0 saturated carbocycles. The molecule has 0 bridgehead atoms. The quantitative estimate of drug-likeness (QED) is 0.248. The van der Waals surface area contributed by atoms with Crippen molar-refractivity contribution in [3.63, 3.8) is 0 Å². The number of ether oxygens (including phenoxy) is 1. The summed E-state index contributed by atoms with van der Waals surface area (Å²) in [5.74, 6) is -4.12. The third kappa shape index (κ3) is 1.26. The highest BCUT2D eigenvalue weighted by molar-refractivity contribution is 6.14. The van der Waals surface area contributed by atoms with Gasteiger partial charge in [0.2, 0.25) is 0 Å². The maximum atomic E-state index is 10.3. The van der Waals surface area contributed by atoms with Crippen LogP contribution in [0.3, 0.4) is 0 Å². The molecule has 6 heteroatoms. The van der Waals surface area contributed by atoms with E-state index in [9.17, 15) is 14.4 Å². The van der Waals surface area contributed by atoms with Crippen LogP contribution in [-0.2, 0) is 19.1 Å². The fraction of sp³-hybridized carbons (Fsp3) is 0.167. The molecule has 0 aromatic rings. The van der Waals surface area contributed by atoms with Gasteiger partial charge in [0.1, 0.15) is 12.2 Å². The van der Waals surface area contributed by atoms with Crippen LogP contribution in [-0.4, -0.2) is 28.1 Å². The predicted molar refractivity (Wildman–Crippen MR) is 33.0 cm³/mol. The third-order valence-electron chi connectivity index (χ3n) is 1.25. The van der Waals surface area contributed by atoms with Crippen molar-refractivity contribution < 1.29 is 29.3 Å². The number of esters is 1. The maximum Gasteiger partial charge on any atom is 0.346 e. The number of hydrogen-bond acceptors (Lipinski definition) is 4. The average Bonchev–Trinajstić information content (AvgIpc) is 1.82. The largest absolute Gasteiger partial charge is 0.477 e. The molecule has 1 rings (SSSR count). The van der Waals surface area contributed by atoms with Crippen LogP contribution in [0.25, 0.3) is 0 Å². The second kappa shape index (κ2) is 2.65. The highest BCUT2D eigenvalue weighted by Gasteiger charge is 2.32. The first-order chi connectivity index (χ1) is 5.52. The zero-order valence-electron chi connectivity index (χ0n) is 5.73. The van der Waals surface area contributed by atoms with Crippen LogP contribution in [0.2, 0.25) is 0 Å². The van der Waals surface area contributed by atoms with Gasteiger partial charge >= 0.3 is 17.9 Å². The zero-order valence-corrected chi connectivity index (χ0v) is 5.73. The summed E-state index contributed by atoms with van der Waals surface area (Å²) in [7, 11) is 0. The van der Waals surface area contributed by atoms with Crippen LogP contribution < -0.4 is 0 Å². The van der Waals surface area contributed by atoms with Gasteiger partial charge in [0.15, 0.2) is 5.57 Å². The maximum absolute atomic E-state index is 10.3. The van der Waals surface area contributed by atoms with E-state index in [0.29, 0.717) is 0 Å². The minimum Gasteiger partial charge on any atom is -0.477 e. The number of rotatable bonds is 2. The lowest BCUT2D eigenvalue weighted by molar-refractivity contribution is -0.150. The van der Waals surface area contributed by atoms with Gasteiger partial charge in [-0.1, -0.05) is 0 Å². The highest BCUT2D eigenvalue weighted by atomic mass is 16.6. The zero-order chi connectivity index (χ0) is 9.30. The van der Waals surface area contributed by atoms with Crippen LogP contribution in [0.4, 0.5) is 0 Å². The van der Waals surface area contributed by atoms with E-state index < -0.39 is 23.5 Å². The topological polar surface area (TPSA) is 101 Å². The molecule has 0 aromatic carbocycles. The average molecular weight is 172 g/mol. The van der Waals surface area contributed by atoms with Crippen molar-refractivity contribution in [3.8, 4) is 0 Å². The molecule has 0 aromatic heterocycles. The van der Waals surface area contributed by atoms with E-state index in [1.165, 1.54) is 0 Å². The number of carbonyl (C=O) groups is 3. The van der Waals surface area contributed by atoms with E-state index >= 15 is 0 Å². The summed E-state index contributed by atoms with van der Waals surface area (Å²) in [4.78, 5) is 30.7. The second-order valence-electron chi connectivity index (χ2n) is 2.06. The molecule has 12 heavy (non-hydrogen) atoms. The molecule has 1 aliphatic heterocycles. The number of aliphatic carboxylic acids is 2. The lowest BCUT2D eigenvalue weighted by Gasteiger charge is -2.16. The van der Waals surface area contributed by atoms with Crippen molar-refractivity contribution in [1.29, 1.82) is 0 Å². The Kier molecular flexibility index (Phi) is 1.82. The van der Waals surface area contributed by atoms with Crippen LogP contribution in [0, 0.1) is 0 Å². The number of carboxylic acid groups (broad SMARTS) is 2. The van der Waals surface area contributed by atoms with Gasteiger partial charge in [-0.15, -0.1) is 0 Å². The molecule has 0 spiro atoms. The summed E-state index contributed by atoms with van der Waals surface area (Å²) >= 11 is 0. The monoisotopic (exact) mass is 172 g/mol. The minimum absolute atomic E-state index is 0.256. The van der Waals surface area contributed by atoms with Gasteiger partial charge in [-0.25, -0.2) is 9.59 Å². The number of carboxylic acids is 2. The molecular formula is C6H4O6. The number of hydrogen-bond donors (Lipinski definition) is 2. The van der Waals surface area contributed by atoms with E-state index in [1.54, 1.807) is 0 Å². The Morgan fingerprint density at radius 3 is 1.92 bits per heavy atom. The molecule has 64 valence electrons. The van der Waals surface area contributed by atoms with Crippen molar-refractivity contribution >= 4 is 17.9 Å². The SMILES string of the molecule is O=C1CC(=C(C(=O)O)C(=O)O)O1. The Bertz CT molecular complexity index is 273. The molecule has 1 saturated heterocycles. The molecule has 0 aliphatic carbocycles. The van der Waals surface area contributed by atoms with E-state index in [2.05, 4.69) is 4.74 Å². The standard InChI is InChI=1S/C6H4O6/c7-3-1-2(12-3)4(5(8)9)6(10)11/h1H2,(H,8,9)(H,10,11). The first-order valence-electron chi connectivity index (χ1n) is 2.92. The van der Waals surface area contributed by atoms with Crippen LogP contribution in [0.15, 0.2) is 11.3 Å². The Labute approximate surface area is 66.1 Å². The number of cyclic esters (lactones) is 1. The summed E-state index contributed by atoms with van der Waals surface area (Å²) in [5, 5.41) is 16.7. The summed E-state index contributed by atoms with van der Waals surface area (Å²) in [6.07, 6.45) is -0.256. The van der Waals surface area contributed by atoms with Crippen molar-refractivity contribution in [1.82, 2.24) is 0 Å². The molecule has 0 radical (unpaired) electrons. The predicted octanol–water partition coefficient (Wildman–Crippen LogP) is -0.643. The van der Waals surface area contributed by atoms with Gasteiger partial charge in [0.25, 0.3) is 0 Å². The normalized spacial score (nSPS) is 14.7. The Hall–Kier alpha value is -1.85. The molecule has 0 atom stereocenters. The van der Waals surface area contributed by atoms with E-state index in [0.717, 1.165) is 0 Å². The van der Waals surface area contributed by atoms with Gasteiger partial charge < -0.3 is 14.9 Å². The van der Waals surface area contributed by atoms with Gasteiger partial charge in [0, 0.05) is 0 Å². The van der Waals surface area contributed by atoms with Crippen molar-refractivity contribution in [3.05, 3.63) is 11.3 Å². The van der Waals surface area contributed by atoms with E-state index in [-0.39, 0.29) is 12.2 Å². The second-order valence-corrected chi connectivity index (χ2v) is 2.06. The molecular weight excluding hydrogens is 168 g/mol. The summed E-state index contributed by atoms with van der Waals surface area (Å²) in [5.41, 5.74) is -0.880. The summed E-state index contributed by atoms with van der Waals surface area (Å²) in [6, 6.07) is 0. The van der Waals surface area contributed by atoms with Gasteiger partial charge in [0.05, 0.1) is 0 Å². The molecule has 0 amide bonds. The summed E-state index contributed by atoms with van der Waals surface area (Å²) in [6.45, 7) is 0. The van der Waals surface area contributed by atoms with E-state index in [1.807, 2.05) is 0 Å². The molecule has 1 aliphatic rings. The highest BCUT2D eigenvalue weighted by Crippen LogP contribution is 2.22. The minimum atomic E-state index is -1.61. The van der Waals surface area contributed by atoms with Gasteiger partial charge in [-0.3, -0.25) is 4.79 Å². The molecule has 1 heterocycles. The van der Waals surface area contributed by atoms with Crippen LogP contribution in [0.5, 0.6) is 0 Å². The number of carbonyl (C=O) groups excluding carboxylic acids is 1. The Morgan fingerprint density at radius 2 is 1.67 bits per heavy atom. The first kappa shape index (κ1) is 8.25. The van der Waals surface area contributed by atoms with Gasteiger partial charge in [-0.05, 0) is 0 Å². The van der Waals surface area contributed by atoms with Crippen molar-refractivity contribution in [2.75, 3.05) is 0 Å². The molecule has 6 nitrogen and oxygen atoms in total. The van der Waals surface area contributed by atoms with E-state index in [4.69, 9.17) is 10.2 Å². The van der Waals surface area contributed by atoms with Crippen molar-refractivity contribution in [2.24, 2.45) is 0 Å². The molecule has 2 N–H and O–H groups in total. The smallest absolute Gasteiger partial charge is 0.346 e. The Morgan fingerprint density at radius 1 is 1.25 bits per heavy atom. The fourth-order valence-corrected chi connectivity index (χ4v) is 0.730. The van der Waals surface area contributed by atoms with Crippen LogP contribution in [0.1, 0.15) is 6.42 Å². The molecule has 0 unspecified atom stereocenters. The first-order valence-corrected chi connectivity index (χ1v) is 2.92. The fourth-order valence-electron chi connectivity index (χ4n) is 0.730. The van der Waals surface area contributed by atoms with Crippen LogP contribution >= 0.6 is 0 Å². The Balaban J connectivity index is 2.94. The van der Waals surface area contributed by atoms with Gasteiger partial charge in [-0.2, -0.15) is 0 Å². The lowest BCUT2D eigenvalue weighted by atomic mass is 10.1. The lowest BCUT2D eigenvalue weighted by Crippen LogP contribution is -2.25. The summed E-state index contributed by atoms with van der Waals surface area (Å²) < 4.78 is 4.20.